The zero-order chi connectivity index (χ0) is 20.4. The fourth-order valence-corrected chi connectivity index (χ4v) is 5.15. The maximum Gasteiger partial charge on any atom is 0.420 e. The minimum absolute atomic E-state index is 0. The molecule has 0 amide bonds. The van der Waals surface area contributed by atoms with Crippen LogP contribution < -0.4 is 5.76 Å². The van der Waals surface area contributed by atoms with E-state index in [-0.39, 0.29) is 29.7 Å². The quantitative estimate of drug-likeness (QED) is 0.628. The number of ether oxygens (including phenoxy) is 2. The monoisotopic (exact) mass is 438 g/mol. The lowest BCUT2D eigenvalue weighted by molar-refractivity contribution is -0.0419. The molecule has 2 heterocycles. The standard InChI is InChI=1S/C23H34N2O4.ClH/c1-17-4-5-21-20(16-17)25(22(26)29-21)18-8-12-24(13-9-18)23(2)10-6-19(7-11-23)28-15-14-27-3;/h4-5,16,18-19H,6-15H2,1-3H3;1H. The number of rotatable bonds is 6. The number of likely N-dealkylation sites (tertiary alicyclic amines) is 1. The number of hydrogen-bond acceptors (Lipinski definition) is 5. The summed E-state index contributed by atoms with van der Waals surface area (Å²) in [7, 11) is 1.71. The lowest BCUT2D eigenvalue weighted by Crippen LogP contribution is -2.53. The van der Waals surface area contributed by atoms with E-state index in [9.17, 15) is 4.79 Å². The lowest BCUT2D eigenvalue weighted by atomic mass is 9.79. The third-order valence-electron chi connectivity index (χ3n) is 7.01. The van der Waals surface area contributed by atoms with Crippen molar-refractivity contribution in [1.29, 1.82) is 0 Å². The molecule has 30 heavy (non-hydrogen) atoms. The number of halogens is 1. The number of oxazole rings is 1. The summed E-state index contributed by atoms with van der Waals surface area (Å²) in [6, 6.07) is 6.19. The zero-order valence-electron chi connectivity index (χ0n) is 18.4. The SMILES string of the molecule is COCCOC1CCC(C)(N2CCC(n3c(=O)oc4ccc(C)cc43)CC2)CC1.Cl. The van der Waals surface area contributed by atoms with Gasteiger partial charge in [0.2, 0.25) is 0 Å². The Balaban J connectivity index is 0.00000256. The number of nitrogens with zero attached hydrogens (tertiary/aromatic N) is 2. The van der Waals surface area contributed by atoms with Crippen LogP contribution in [0, 0.1) is 6.92 Å². The molecule has 0 radical (unpaired) electrons. The van der Waals surface area contributed by atoms with Gasteiger partial charge in [0.05, 0.1) is 24.8 Å². The average molecular weight is 439 g/mol. The van der Waals surface area contributed by atoms with Crippen LogP contribution in [-0.2, 0) is 9.47 Å². The maximum atomic E-state index is 12.5. The van der Waals surface area contributed by atoms with E-state index in [2.05, 4.69) is 24.8 Å². The summed E-state index contributed by atoms with van der Waals surface area (Å²) >= 11 is 0. The molecule has 1 saturated carbocycles. The second kappa shape index (κ2) is 9.86. The van der Waals surface area contributed by atoms with E-state index in [0.29, 0.717) is 24.9 Å². The van der Waals surface area contributed by atoms with Gasteiger partial charge in [-0.25, -0.2) is 4.79 Å². The first-order chi connectivity index (χ1) is 14.0. The number of aromatic nitrogens is 1. The Morgan fingerprint density at radius 2 is 1.83 bits per heavy atom. The molecular formula is C23H35ClN2O4. The van der Waals surface area contributed by atoms with Crippen LogP contribution in [0.25, 0.3) is 11.1 Å². The van der Waals surface area contributed by atoms with E-state index in [0.717, 1.165) is 49.9 Å². The van der Waals surface area contributed by atoms with Gasteiger partial charge in [-0.1, -0.05) is 6.07 Å². The van der Waals surface area contributed by atoms with Crippen molar-refractivity contribution >= 4 is 23.5 Å². The van der Waals surface area contributed by atoms with Crippen molar-refractivity contribution in [3.63, 3.8) is 0 Å². The zero-order valence-corrected chi connectivity index (χ0v) is 19.2. The van der Waals surface area contributed by atoms with E-state index >= 15 is 0 Å². The van der Waals surface area contributed by atoms with Crippen LogP contribution >= 0.6 is 12.4 Å². The predicted octanol–water partition coefficient (Wildman–Crippen LogP) is 4.33. The molecule has 0 spiro atoms. The van der Waals surface area contributed by atoms with Crippen molar-refractivity contribution in [1.82, 2.24) is 9.47 Å². The molecular weight excluding hydrogens is 404 g/mol. The van der Waals surface area contributed by atoms with Crippen molar-refractivity contribution in [3.8, 4) is 0 Å². The van der Waals surface area contributed by atoms with E-state index in [1.807, 2.05) is 16.7 Å². The van der Waals surface area contributed by atoms with Gasteiger partial charge in [0.1, 0.15) is 0 Å². The van der Waals surface area contributed by atoms with Crippen LogP contribution in [0.2, 0.25) is 0 Å². The average Bonchev–Trinajstić information content (AvgIpc) is 3.05. The Morgan fingerprint density at radius 3 is 2.50 bits per heavy atom. The summed E-state index contributed by atoms with van der Waals surface area (Å²) in [6.07, 6.45) is 6.93. The highest BCUT2D eigenvalue weighted by Crippen LogP contribution is 2.38. The highest BCUT2D eigenvalue weighted by Gasteiger charge is 2.38. The van der Waals surface area contributed by atoms with Gasteiger partial charge in [-0.3, -0.25) is 9.47 Å². The van der Waals surface area contributed by atoms with Crippen molar-refractivity contribution in [2.24, 2.45) is 0 Å². The molecule has 2 aliphatic rings. The Hall–Kier alpha value is -1.34. The number of hydrogen-bond donors (Lipinski definition) is 0. The third-order valence-corrected chi connectivity index (χ3v) is 7.01. The van der Waals surface area contributed by atoms with Crippen molar-refractivity contribution in [2.45, 2.75) is 70.1 Å². The van der Waals surface area contributed by atoms with E-state index in [1.54, 1.807) is 7.11 Å². The minimum atomic E-state index is -0.219. The number of piperidine rings is 1. The van der Waals surface area contributed by atoms with Gasteiger partial charge in [-0.05, 0) is 70.1 Å². The fourth-order valence-electron chi connectivity index (χ4n) is 5.15. The summed E-state index contributed by atoms with van der Waals surface area (Å²) in [5, 5.41) is 0. The molecule has 2 aromatic rings. The van der Waals surface area contributed by atoms with Gasteiger partial charge in [0.15, 0.2) is 5.58 Å². The maximum absolute atomic E-state index is 12.5. The summed E-state index contributed by atoms with van der Waals surface area (Å²) < 4.78 is 18.4. The van der Waals surface area contributed by atoms with Gasteiger partial charge >= 0.3 is 5.76 Å². The van der Waals surface area contributed by atoms with Crippen LogP contribution in [0.1, 0.15) is 57.1 Å². The molecule has 0 atom stereocenters. The van der Waals surface area contributed by atoms with Crippen molar-refractivity contribution in [3.05, 3.63) is 34.3 Å². The van der Waals surface area contributed by atoms with Crippen LogP contribution in [0.3, 0.4) is 0 Å². The third kappa shape index (κ3) is 4.77. The number of methoxy groups -OCH3 is 1. The molecule has 1 aliphatic heterocycles. The van der Waals surface area contributed by atoms with E-state index < -0.39 is 0 Å². The molecule has 7 heteroatoms. The molecule has 1 aliphatic carbocycles. The highest BCUT2D eigenvalue weighted by molar-refractivity contribution is 5.85. The van der Waals surface area contributed by atoms with Crippen molar-refractivity contribution in [2.75, 3.05) is 33.4 Å². The molecule has 4 rings (SSSR count). The van der Waals surface area contributed by atoms with Crippen LogP contribution in [-0.4, -0.2) is 54.5 Å². The van der Waals surface area contributed by atoms with E-state index in [4.69, 9.17) is 13.9 Å². The van der Waals surface area contributed by atoms with Gasteiger partial charge in [-0.2, -0.15) is 0 Å². The molecule has 2 fully saturated rings. The molecule has 6 nitrogen and oxygen atoms in total. The molecule has 1 saturated heterocycles. The van der Waals surface area contributed by atoms with Gasteiger partial charge in [0.25, 0.3) is 0 Å². The Kier molecular flexibility index (Phi) is 7.66. The van der Waals surface area contributed by atoms with Crippen LogP contribution in [0.4, 0.5) is 0 Å². The van der Waals surface area contributed by atoms with Crippen LogP contribution in [0.5, 0.6) is 0 Å². The molecule has 0 N–H and O–H groups in total. The number of fused-ring (bicyclic) bond motifs is 1. The predicted molar refractivity (Wildman–Crippen MR) is 121 cm³/mol. The normalized spacial score (nSPS) is 26.0. The highest BCUT2D eigenvalue weighted by atomic mass is 35.5. The molecule has 1 aromatic heterocycles. The van der Waals surface area contributed by atoms with Gasteiger partial charge in [0, 0.05) is 31.8 Å². The fraction of sp³-hybridized carbons (Fsp3) is 0.696. The number of benzene rings is 1. The summed E-state index contributed by atoms with van der Waals surface area (Å²) in [6.45, 7) is 7.88. The largest absolute Gasteiger partial charge is 0.420 e. The number of aryl methyl sites for hydroxylation is 1. The molecule has 0 bridgehead atoms. The first-order valence-electron chi connectivity index (χ1n) is 11.0. The Bertz CT molecular complexity index is 877. The van der Waals surface area contributed by atoms with Gasteiger partial charge < -0.3 is 13.9 Å². The van der Waals surface area contributed by atoms with Gasteiger partial charge in [-0.15, -0.1) is 12.4 Å². The molecule has 1 aromatic carbocycles. The van der Waals surface area contributed by atoms with E-state index in [1.165, 1.54) is 12.8 Å². The molecule has 0 unspecified atom stereocenters. The first-order valence-corrected chi connectivity index (χ1v) is 11.0. The second-order valence-corrected chi connectivity index (χ2v) is 8.99. The Morgan fingerprint density at radius 1 is 1.13 bits per heavy atom. The van der Waals surface area contributed by atoms with Crippen molar-refractivity contribution < 1.29 is 13.9 Å². The van der Waals surface area contributed by atoms with Crippen LogP contribution in [0.15, 0.2) is 27.4 Å². The minimum Gasteiger partial charge on any atom is -0.408 e. The smallest absolute Gasteiger partial charge is 0.408 e. The second-order valence-electron chi connectivity index (χ2n) is 8.99. The topological polar surface area (TPSA) is 56.8 Å². The summed E-state index contributed by atoms with van der Waals surface area (Å²) in [5.41, 5.74) is 3.03. The Labute approximate surface area is 184 Å². The summed E-state index contributed by atoms with van der Waals surface area (Å²) in [4.78, 5) is 15.1. The summed E-state index contributed by atoms with van der Waals surface area (Å²) in [5.74, 6) is -0.219. The lowest BCUT2D eigenvalue weighted by Gasteiger charge is -2.48. The first kappa shape index (κ1) is 23.3. The molecule has 168 valence electrons.